The van der Waals surface area contributed by atoms with Gasteiger partial charge in [-0.1, -0.05) is 38.5 Å². The maximum Gasteiger partial charge on any atom is 0.326 e. The van der Waals surface area contributed by atoms with E-state index in [0.717, 1.165) is 11.3 Å². The molecule has 0 saturated carbocycles. The standard InChI is InChI=1S/C35H47N7O6/c1-3-24(2)32-34(46)37-15-8-18-42-28-21-25(12-13-27(28)38-35(42)47)33(45)36-14-7-17-41(16-6-11-30(43)39-32)31(44)23-40-19-20-48-29-10-5-4-9-26(29)22-40/h4-5,9-10,12-13,21,24,32H,3,6-8,11,14-20,22-23H2,1-2H3,(H,36,45)(H,37,46)(H,38,47)(H,39,43)/t24-,32-/m0/s1. The molecule has 4 amide bonds. The van der Waals surface area contributed by atoms with Gasteiger partial charge in [-0.3, -0.25) is 28.6 Å². The van der Waals surface area contributed by atoms with Crippen molar-refractivity contribution < 1.29 is 23.9 Å². The Morgan fingerprint density at radius 1 is 0.958 bits per heavy atom. The van der Waals surface area contributed by atoms with Crippen LogP contribution in [0.3, 0.4) is 0 Å². The highest BCUT2D eigenvalue weighted by atomic mass is 16.5. The SMILES string of the molecule is CC[C@H](C)[C@@H]1NC(=O)CCCN(C(=O)CN2CCOc3ccccc3C2)CCCNC(=O)c2ccc3[nH]c(=O)n(c3c2)CCCNC1=O. The molecular weight excluding hydrogens is 614 g/mol. The molecule has 13 nitrogen and oxygen atoms in total. The van der Waals surface area contributed by atoms with Crippen molar-refractivity contribution in [1.29, 1.82) is 0 Å². The fourth-order valence-electron chi connectivity index (χ4n) is 6.19. The summed E-state index contributed by atoms with van der Waals surface area (Å²) < 4.78 is 7.44. The average molecular weight is 662 g/mol. The van der Waals surface area contributed by atoms with Crippen LogP contribution in [0.5, 0.6) is 5.75 Å². The third-order valence-electron chi connectivity index (χ3n) is 9.17. The zero-order chi connectivity index (χ0) is 34.0. The van der Waals surface area contributed by atoms with Crippen LogP contribution in [0.4, 0.5) is 0 Å². The molecule has 1 aromatic heterocycles. The summed E-state index contributed by atoms with van der Waals surface area (Å²) in [5, 5.41) is 8.78. The van der Waals surface area contributed by atoms with E-state index in [2.05, 4.69) is 25.8 Å². The van der Waals surface area contributed by atoms with Gasteiger partial charge in [0.15, 0.2) is 0 Å². The van der Waals surface area contributed by atoms with Crippen molar-refractivity contribution in [3.05, 3.63) is 64.1 Å². The molecule has 3 heterocycles. The molecule has 5 rings (SSSR count). The Morgan fingerprint density at radius 2 is 1.73 bits per heavy atom. The van der Waals surface area contributed by atoms with Crippen molar-refractivity contribution in [2.24, 2.45) is 5.92 Å². The van der Waals surface area contributed by atoms with Gasteiger partial charge in [-0.25, -0.2) is 4.79 Å². The molecule has 4 N–H and O–H groups in total. The van der Waals surface area contributed by atoms with Crippen molar-refractivity contribution in [2.75, 3.05) is 45.9 Å². The Hall–Kier alpha value is -4.65. The topological polar surface area (TPSA) is 158 Å². The Morgan fingerprint density at radius 3 is 2.56 bits per heavy atom. The largest absolute Gasteiger partial charge is 0.492 e. The van der Waals surface area contributed by atoms with E-state index < -0.39 is 6.04 Å². The molecule has 13 heteroatoms. The molecule has 2 aliphatic heterocycles. The van der Waals surface area contributed by atoms with E-state index in [1.807, 2.05) is 38.1 Å². The molecular formula is C35H47N7O6. The van der Waals surface area contributed by atoms with Crippen LogP contribution in [0.2, 0.25) is 0 Å². The first-order valence-electron chi connectivity index (χ1n) is 17.0. The number of amides is 4. The van der Waals surface area contributed by atoms with Crippen LogP contribution in [-0.4, -0.2) is 94.9 Å². The minimum Gasteiger partial charge on any atom is -0.492 e. The molecule has 0 unspecified atom stereocenters. The number of aromatic nitrogens is 2. The number of benzene rings is 2. The van der Waals surface area contributed by atoms with Gasteiger partial charge < -0.3 is 30.6 Å². The lowest BCUT2D eigenvalue weighted by molar-refractivity contribution is -0.133. The van der Waals surface area contributed by atoms with Crippen LogP contribution in [0.25, 0.3) is 11.0 Å². The second-order valence-corrected chi connectivity index (χ2v) is 12.6. The predicted octanol–water partition coefficient (Wildman–Crippen LogP) is 2.00. The second kappa shape index (κ2) is 16.4. The van der Waals surface area contributed by atoms with Crippen molar-refractivity contribution >= 4 is 34.7 Å². The highest BCUT2D eigenvalue weighted by Gasteiger charge is 2.26. The van der Waals surface area contributed by atoms with E-state index in [4.69, 9.17) is 4.74 Å². The van der Waals surface area contributed by atoms with Crippen LogP contribution in [0.1, 0.15) is 61.9 Å². The minimum absolute atomic E-state index is 0.0627. The van der Waals surface area contributed by atoms with E-state index in [1.165, 1.54) is 0 Å². The van der Waals surface area contributed by atoms with Crippen LogP contribution >= 0.6 is 0 Å². The second-order valence-electron chi connectivity index (χ2n) is 12.6. The zero-order valence-corrected chi connectivity index (χ0v) is 27.9. The lowest BCUT2D eigenvalue weighted by atomic mass is 9.98. The number of aryl methyl sites for hydroxylation is 1. The van der Waals surface area contributed by atoms with Gasteiger partial charge in [0, 0.05) is 63.4 Å². The first-order valence-corrected chi connectivity index (χ1v) is 17.0. The summed E-state index contributed by atoms with van der Waals surface area (Å²) in [6.07, 6.45) is 2.29. The molecule has 3 aromatic rings. The van der Waals surface area contributed by atoms with E-state index in [1.54, 1.807) is 27.7 Å². The number of hydrogen-bond acceptors (Lipinski definition) is 7. The molecule has 0 fully saturated rings. The number of para-hydroxylation sites is 1. The number of rotatable bonds is 4. The maximum atomic E-state index is 13.7. The molecule has 2 aliphatic rings. The lowest BCUT2D eigenvalue weighted by Gasteiger charge is -2.27. The monoisotopic (exact) mass is 661 g/mol. The summed E-state index contributed by atoms with van der Waals surface area (Å²) in [5.74, 6) is -0.111. The van der Waals surface area contributed by atoms with Gasteiger partial charge in [0.05, 0.1) is 17.6 Å². The third kappa shape index (κ3) is 8.82. The first-order chi connectivity index (χ1) is 23.2. The molecule has 0 saturated heterocycles. The van der Waals surface area contributed by atoms with Crippen molar-refractivity contribution in [2.45, 2.75) is 65.1 Å². The zero-order valence-electron chi connectivity index (χ0n) is 27.9. The maximum absolute atomic E-state index is 13.7. The Balaban J connectivity index is 1.31. The number of imidazole rings is 1. The number of hydrogen-bond donors (Lipinski definition) is 4. The van der Waals surface area contributed by atoms with Gasteiger partial charge in [-0.15, -0.1) is 0 Å². The van der Waals surface area contributed by atoms with Gasteiger partial charge in [0.25, 0.3) is 5.91 Å². The highest BCUT2D eigenvalue weighted by Crippen LogP contribution is 2.22. The summed E-state index contributed by atoms with van der Waals surface area (Å²) >= 11 is 0. The van der Waals surface area contributed by atoms with Crippen LogP contribution in [0, 0.1) is 5.92 Å². The van der Waals surface area contributed by atoms with Crippen molar-refractivity contribution in [3.63, 3.8) is 0 Å². The van der Waals surface area contributed by atoms with E-state index >= 15 is 0 Å². The Labute approximate surface area is 280 Å². The van der Waals surface area contributed by atoms with Crippen LogP contribution in [-0.2, 0) is 27.5 Å². The fourth-order valence-corrected chi connectivity index (χ4v) is 6.19. The number of carbonyl (C=O) groups is 4. The normalized spacial score (nSPS) is 20.0. The molecule has 2 aromatic carbocycles. The molecule has 2 atom stereocenters. The van der Waals surface area contributed by atoms with Gasteiger partial charge in [-0.05, 0) is 49.4 Å². The summed E-state index contributed by atoms with van der Waals surface area (Å²) in [7, 11) is 0. The number of nitrogens with one attached hydrogen (secondary N) is 4. The number of nitrogens with zero attached hydrogens (tertiary/aromatic N) is 3. The molecule has 258 valence electrons. The molecule has 0 spiro atoms. The smallest absolute Gasteiger partial charge is 0.326 e. The van der Waals surface area contributed by atoms with Crippen LogP contribution < -0.4 is 26.4 Å². The number of H-pyrrole nitrogens is 1. The molecule has 48 heavy (non-hydrogen) atoms. The van der Waals surface area contributed by atoms with E-state index in [-0.39, 0.29) is 48.2 Å². The molecule has 2 bridgehead atoms. The van der Waals surface area contributed by atoms with E-state index in [0.29, 0.717) is 94.7 Å². The summed E-state index contributed by atoms with van der Waals surface area (Å²) in [6.45, 7) is 7.53. The molecule has 0 radical (unpaired) electrons. The number of fused-ring (bicyclic) bond motifs is 2. The number of carbonyl (C=O) groups excluding carboxylic acids is 4. The van der Waals surface area contributed by atoms with Gasteiger partial charge >= 0.3 is 5.69 Å². The van der Waals surface area contributed by atoms with E-state index in [9.17, 15) is 24.0 Å². The van der Waals surface area contributed by atoms with Gasteiger partial charge in [0.1, 0.15) is 18.4 Å². The minimum atomic E-state index is -0.696. The summed E-state index contributed by atoms with van der Waals surface area (Å²) in [5.41, 5.74) is 2.38. The quantitative estimate of drug-likeness (QED) is 0.333. The van der Waals surface area contributed by atoms with Gasteiger partial charge in [-0.2, -0.15) is 0 Å². The number of ether oxygens (including phenoxy) is 1. The average Bonchev–Trinajstić information content (AvgIpc) is 3.24. The fraction of sp³-hybridized carbons (Fsp3) is 0.514. The summed E-state index contributed by atoms with van der Waals surface area (Å²) in [6, 6.07) is 12.2. The Kier molecular flexibility index (Phi) is 11.9. The van der Waals surface area contributed by atoms with Crippen molar-refractivity contribution in [1.82, 2.24) is 35.3 Å². The number of aromatic amines is 1. The molecule has 0 aliphatic carbocycles. The Bertz CT molecular complexity index is 1670. The third-order valence-corrected chi connectivity index (χ3v) is 9.17. The first kappa shape index (κ1) is 34.7. The summed E-state index contributed by atoms with van der Waals surface area (Å²) in [4.78, 5) is 72.3. The highest BCUT2D eigenvalue weighted by molar-refractivity contribution is 5.97. The lowest BCUT2D eigenvalue weighted by Crippen LogP contribution is -2.50. The van der Waals surface area contributed by atoms with Gasteiger partial charge in [0.2, 0.25) is 17.7 Å². The van der Waals surface area contributed by atoms with Crippen LogP contribution in [0.15, 0.2) is 47.3 Å². The predicted molar refractivity (Wildman–Crippen MR) is 182 cm³/mol. The van der Waals surface area contributed by atoms with Crippen molar-refractivity contribution in [3.8, 4) is 5.75 Å².